The molecule has 1 aliphatic rings. The first-order chi connectivity index (χ1) is 10.2. The summed E-state index contributed by atoms with van der Waals surface area (Å²) in [4.78, 5) is 14.0. The highest BCUT2D eigenvalue weighted by Crippen LogP contribution is 2.21. The van der Waals surface area contributed by atoms with Crippen molar-refractivity contribution in [1.82, 2.24) is 4.90 Å². The fraction of sp³-hybridized carbons (Fsp3) is 0.278. The quantitative estimate of drug-likeness (QED) is 0.840. The number of hydrogen-bond acceptors (Lipinski definition) is 2. The molecule has 3 heteroatoms. The van der Waals surface area contributed by atoms with Gasteiger partial charge in [-0.1, -0.05) is 54.1 Å². The summed E-state index contributed by atoms with van der Waals surface area (Å²) in [7, 11) is 0. The van der Waals surface area contributed by atoms with Crippen molar-refractivity contribution < 1.29 is 9.53 Å². The fourth-order valence-electron chi connectivity index (χ4n) is 2.65. The lowest BCUT2D eigenvalue weighted by atomic mass is 9.98. The van der Waals surface area contributed by atoms with Crippen molar-refractivity contribution in [2.45, 2.75) is 26.5 Å². The molecule has 2 aromatic carbocycles. The minimum atomic E-state index is -0.231. The van der Waals surface area contributed by atoms with Crippen LogP contribution in [0.4, 0.5) is 4.79 Å². The molecule has 0 spiro atoms. The average molecular weight is 281 g/mol. The second kappa shape index (κ2) is 6.00. The number of fused-ring (bicyclic) bond motifs is 1. The van der Waals surface area contributed by atoms with E-state index in [4.69, 9.17) is 4.74 Å². The zero-order chi connectivity index (χ0) is 14.7. The van der Waals surface area contributed by atoms with Crippen LogP contribution in [0.2, 0.25) is 0 Å². The van der Waals surface area contributed by atoms with E-state index in [-0.39, 0.29) is 6.09 Å². The van der Waals surface area contributed by atoms with Gasteiger partial charge in [0.2, 0.25) is 0 Å². The lowest BCUT2D eigenvalue weighted by molar-refractivity contribution is 0.0918. The van der Waals surface area contributed by atoms with Gasteiger partial charge in [-0.3, -0.25) is 0 Å². The standard InChI is InChI=1S/C18H19NO2/c1-14-7-8-16-9-10-19(12-17(16)11-14)18(20)21-13-15-5-3-2-4-6-15/h2-8,11H,9-10,12-13H2,1H3. The minimum Gasteiger partial charge on any atom is -0.445 e. The largest absolute Gasteiger partial charge is 0.445 e. The molecule has 0 fully saturated rings. The Morgan fingerprint density at radius 3 is 2.76 bits per heavy atom. The second-order valence-corrected chi connectivity index (χ2v) is 5.48. The fourth-order valence-corrected chi connectivity index (χ4v) is 2.65. The van der Waals surface area contributed by atoms with Gasteiger partial charge in [0.05, 0.1) is 0 Å². The molecule has 0 saturated heterocycles. The van der Waals surface area contributed by atoms with Crippen molar-refractivity contribution >= 4 is 6.09 Å². The van der Waals surface area contributed by atoms with E-state index in [1.165, 1.54) is 16.7 Å². The number of rotatable bonds is 2. The Bertz CT molecular complexity index is 637. The Labute approximate surface area is 125 Å². The monoisotopic (exact) mass is 281 g/mol. The van der Waals surface area contributed by atoms with E-state index >= 15 is 0 Å². The first kappa shape index (κ1) is 13.7. The van der Waals surface area contributed by atoms with E-state index in [2.05, 4.69) is 25.1 Å². The van der Waals surface area contributed by atoms with Crippen molar-refractivity contribution in [2.24, 2.45) is 0 Å². The van der Waals surface area contributed by atoms with Crippen LogP contribution in [0.25, 0.3) is 0 Å². The van der Waals surface area contributed by atoms with Crippen LogP contribution in [0.1, 0.15) is 22.3 Å². The molecule has 21 heavy (non-hydrogen) atoms. The van der Waals surface area contributed by atoms with Crippen molar-refractivity contribution in [1.29, 1.82) is 0 Å². The maximum Gasteiger partial charge on any atom is 0.410 e. The minimum absolute atomic E-state index is 0.231. The van der Waals surface area contributed by atoms with Gasteiger partial charge in [-0.05, 0) is 30.0 Å². The van der Waals surface area contributed by atoms with Gasteiger partial charge in [0.1, 0.15) is 6.61 Å². The molecule has 0 atom stereocenters. The zero-order valence-corrected chi connectivity index (χ0v) is 12.2. The molecular formula is C18H19NO2. The molecule has 0 aliphatic carbocycles. The molecule has 0 saturated carbocycles. The van der Waals surface area contributed by atoms with Gasteiger partial charge in [0.25, 0.3) is 0 Å². The molecule has 1 aliphatic heterocycles. The molecule has 0 N–H and O–H groups in total. The van der Waals surface area contributed by atoms with E-state index in [1.54, 1.807) is 4.90 Å². The van der Waals surface area contributed by atoms with Crippen molar-refractivity contribution in [3.8, 4) is 0 Å². The highest BCUT2D eigenvalue weighted by molar-refractivity contribution is 5.68. The van der Waals surface area contributed by atoms with Crippen LogP contribution in [-0.4, -0.2) is 17.5 Å². The summed E-state index contributed by atoms with van der Waals surface area (Å²) in [6, 6.07) is 16.2. The molecule has 0 unspecified atom stereocenters. The van der Waals surface area contributed by atoms with E-state index in [0.717, 1.165) is 18.5 Å². The summed E-state index contributed by atoms with van der Waals surface area (Å²) >= 11 is 0. The van der Waals surface area contributed by atoms with Gasteiger partial charge in [-0.2, -0.15) is 0 Å². The highest BCUT2D eigenvalue weighted by Gasteiger charge is 2.21. The van der Waals surface area contributed by atoms with Gasteiger partial charge < -0.3 is 9.64 Å². The van der Waals surface area contributed by atoms with E-state index in [0.29, 0.717) is 13.2 Å². The van der Waals surface area contributed by atoms with Gasteiger partial charge in [0.15, 0.2) is 0 Å². The number of aryl methyl sites for hydroxylation is 1. The smallest absolute Gasteiger partial charge is 0.410 e. The van der Waals surface area contributed by atoms with Crippen LogP contribution in [0.5, 0.6) is 0 Å². The first-order valence-corrected chi connectivity index (χ1v) is 7.26. The topological polar surface area (TPSA) is 29.5 Å². The molecule has 0 bridgehead atoms. The molecule has 108 valence electrons. The molecule has 1 amide bonds. The number of nitrogens with zero attached hydrogens (tertiary/aromatic N) is 1. The maximum atomic E-state index is 12.2. The van der Waals surface area contributed by atoms with Crippen LogP contribution >= 0.6 is 0 Å². The second-order valence-electron chi connectivity index (χ2n) is 5.48. The van der Waals surface area contributed by atoms with Crippen molar-refractivity contribution in [2.75, 3.05) is 6.54 Å². The Kier molecular flexibility index (Phi) is 3.91. The zero-order valence-electron chi connectivity index (χ0n) is 12.2. The molecule has 0 radical (unpaired) electrons. The van der Waals surface area contributed by atoms with Crippen LogP contribution in [0.15, 0.2) is 48.5 Å². The normalized spacial score (nSPS) is 13.7. The van der Waals surface area contributed by atoms with Crippen LogP contribution < -0.4 is 0 Å². The van der Waals surface area contributed by atoms with E-state index in [9.17, 15) is 4.79 Å². The summed E-state index contributed by atoms with van der Waals surface area (Å²) in [5.41, 5.74) is 4.82. The predicted octanol–water partition coefficient (Wildman–Crippen LogP) is 3.69. The van der Waals surface area contributed by atoms with Crippen LogP contribution in [0, 0.1) is 6.92 Å². The number of ether oxygens (including phenoxy) is 1. The Morgan fingerprint density at radius 1 is 1.14 bits per heavy atom. The summed E-state index contributed by atoms with van der Waals surface area (Å²) in [5.74, 6) is 0. The van der Waals surface area contributed by atoms with Crippen molar-refractivity contribution in [3.63, 3.8) is 0 Å². The molecular weight excluding hydrogens is 262 g/mol. The third kappa shape index (κ3) is 3.24. The molecule has 2 aromatic rings. The Hall–Kier alpha value is -2.29. The Morgan fingerprint density at radius 2 is 1.95 bits per heavy atom. The number of amides is 1. The van der Waals surface area contributed by atoms with Gasteiger partial charge in [0, 0.05) is 13.1 Å². The number of carbonyl (C=O) groups excluding carboxylic acids is 1. The molecule has 3 nitrogen and oxygen atoms in total. The summed E-state index contributed by atoms with van der Waals surface area (Å²) < 4.78 is 5.40. The van der Waals surface area contributed by atoms with Crippen LogP contribution in [-0.2, 0) is 24.3 Å². The first-order valence-electron chi connectivity index (χ1n) is 7.26. The van der Waals surface area contributed by atoms with Gasteiger partial charge in [-0.25, -0.2) is 4.79 Å². The van der Waals surface area contributed by atoms with E-state index in [1.807, 2.05) is 30.3 Å². The number of benzene rings is 2. The average Bonchev–Trinajstić information content (AvgIpc) is 2.53. The maximum absolute atomic E-state index is 12.2. The molecule has 1 heterocycles. The predicted molar refractivity (Wildman–Crippen MR) is 81.9 cm³/mol. The van der Waals surface area contributed by atoms with Gasteiger partial charge >= 0.3 is 6.09 Å². The van der Waals surface area contributed by atoms with Crippen LogP contribution in [0.3, 0.4) is 0 Å². The summed E-state index contributed by atoms with van der Waals surface area (Å²) in [6.07, 6.45) is 0.668. The number of hydrogen-bond donors (Lipinski definition) is 0. The molecule has 3 rings (SSSR count). The Balaban J connectivity index is 1.61. The third-order valence-corrected chi connectivity index (χ3v) is 3.84. The lowest BCUT2D eigenvalue weighted by Crippen LogP contribution is -2.36. The number of carbonyl (C=O) groups is 1. The highest BCUT2D eigenvalue weighted by atomic mass is 16.6. The molecule has 0 aromatic heterocycles. The summed E-state index contributed by atoms with van der Waals surface area (Å²) in [6.45, 7) is 3.78. The lowest BCUT2D eigenvalue weighted by Gasteiger charge is -2.28. The van der Waals surface area contributed by atoms with E-state index < -0.39 is 0 Å². The van der Waals surface area contributed by atoms with Gasteiger partial charge in [-0.15, -0.1) is 0 Å². The third-order valence-electron chi connectivity index (χ3n) is 3.84. The summed E-state index contributed by atoms with van der Waals surface area (Å²) in [5, 5.41) is 0. The van der Waals surface area contributed by atoms with Crippen molar-refractivity contribution in [3.05, 3.63) is 70.8 Å². The SMILES string of the molecule is Cc1ccc2c(c1)CN(C(=O)OCc1ccccc1)CC2.